The van der Waals surface area contributed by atoms with Crippen LogP contribution in [0.3, 0.4) is 0 Å². The standard InChI is InChI=1S/C25H22F3N7O3/c1-33-20-17-9-14(3-6-19(17)32-21(29)18(20)11-31-33)22(36)34(35-13-24(7-2-8-24)38-23(35)37)12-16-5-4-15(10-30-16)25(26,27)28/h3-6,9-11H,2,7-8,12-13H2,1H3,(H2,29,32). The number of carbonyl (C=O) groups excluding carboxylic acids is 2. The summed E-state index contributed by atoms with van der Waals surface area (Å²) in [6.45, 7) is -0.0723. The number of rotatable bonds is 4. The number of fused-ring (bicyclic) bond motifs is 3. The molecule has 0 bridgehead atoms. The molecule has 3 aromatic heterocycles. The largest absolute Gasteiger partial charge is 0.440 e. The predicted octanol–water partition coefficient (Wildman–Crippen LogP) is 4.05. The van der Waals surface area contributed by atoms with Crippen molar-refractivity contribution in [3.8, 4) is 0 Å². The third-order valence-electron chi connectivity index (χ3n) is 7.16. The Kier molecular flexibility index (Phi) is 5.23. The quantitative estimate of drug-likeness (QED) is 0.427. The van der Waals surface area contributed by atoms with E-state index in [1.54, 1.807) is 36.1 Å². The molecule has 0 radical (unpaired) electrons. The Bertz CT molecular complexity index is 1600. The molecule has 1 aromatic carbocycles. The molecule has 13 heteroatoms. The number of nitrogens with zero attached hydrogens (tertiary/aromatic N) is 6. The number of amides is 2. The van der Waals surface area contributed by atoms with Crippen LogP contribution in [-0.4, -0.2) is 53.9 Å². The van der Waals surface area contributed by atoms with Gasteiger partial charge in [0.15, 0.2) is 0 Å². The average Bonchev–Trinajstić information content (AvgIpc) is 3.43. The molecular weight excluding hydrogens is 503 g/mol. The summed E-state index contributed by atoms with van der Waals surface area (Å²) < 4.78 is 46.3. The number of nitrogen functional groups attached to an aromatic ring is 1. The molecule has 1 aliphatic heterocycles. The van der Waals surface area contributed by atoms with Crippen LogP contribution < -0.4 is 5.73 Å². The zero-order chi connectivity index (χ0) is 26.8. The van der Waals surface area contributed by atoms with Crippen LogP contribution in [0, 0.1) is 0 Å². The van der Waals surface area contributed by atoms with E-state index in [1.807, 2.05) is 0 Å². The van der Waals surface area contributed by atoms with Crippen molar-refractivity contribution >= 4 is 39.6 Å². The van der Waals surface area contributed by atoms with E-state index >= 15 is 0 Å². The molecule has 2 N–H and O–H groups in total. The first kappa shape index (κ1) is 23.9. The van der Waals surface area contributed by atoms with E-state index in [9.17, 15) is 22.8 Å². The number of nitrogens with two attached hydrogens (primary N) is 1. The second kappa shape index (κ2) is 8.30. The van der Waals surface area contributed by atoms with Crippen LogP contribution in [0.25, 0.3) is 21.8 Å². The minimum absolute atomic E-state index is 0.163. The van der Waals surface area contributed by atoms with Crippen LogP contribution in [0.2, 0.25) is 0 Å². The molecule has 1 aliphatic carbocycles. The van der Waals surface area contributed by atoms with Gasteiger partial charge in [-0.2, -0.15) is 18.3 Å². The Morgan fingerprint density at radius 2 is 1.97 bits per heavy atom. The molecule has 38 heavy (non-hydrogen) atoms. The van der Waals surface area contributed by atoms with E-state index in [0.29, 0.717) is 46.7 Å². The molecule has 10 nitrogen and oxygen atoms in total. The lowest BCUT2D eigenvalue weighted by molar-refractivity contribution is -0.137. The summed E-state index contributed by atoms with van der Waals surface area (Å²) in [7, 11) is 1.75. The molecule has 6 rings (SSSR count). The highest BCUT2D eigenvalue weighted by molar-refractivity contribution is 6.10. The van der Waals surface area contributed by atoms with E-state index in [-0.39, 0.29) is 24.3 Å². The summed E-state index contributed by atoms with van der Waals surface area (Å²) in [5.41, 5.74) is 6.16. The zero-order valence-corrected chi connectivity index (χ0v) is 20.2. The second-order valence-corrected chi connectivity index (χ2v) is 9.62. The number of pyridine rings is 2. The van der Waals surface area contributed by atoms with Gasteiger partial charge in [-0.3, -0.25) is 14.5 Å². The summed E-state index contributed by atoms with van der Waals surface area (Å²) in [5.74, 6) is -0.241. The minimum atomic E-state index is -4.55. The average molecular weight is 525 g/mol. The number of anilines is 1. The molecule has 2 aliphatic rings. The molecular formula is C25H22F3N7O3. The number of alkyl halides is 3. The van der Waals surface area contributed by atoms with Crippen LogP contribution in [0.1, 0.15) is 40.9 Å². The third kappa shape index (κ3) is 3.85. The first-order chi connectivity index (χ1) is 18.0. The van der Waals surface area contributed by atoms with Crippen molar-refractivity contribution < 1.29 is 27.5 Å². The van der Waals surface area contributed by atoms with Crippen molar-refractivity contribution in [3.63, 3.8) is 0 Å². The molecule has 4 aromatic rings. The number of ether oxygens (including phenoxy) is 1. The van der Waals surface area contributed by atoms with Crippen molar-refractivity contribution in [2.75, 3.05) is 12.3 Å². The highest BCUT2D eigenvalue weighted by Crippen LogP contribution is 2.41. The van der Waals surface area contributed by atoms with Gasteiger partial charge in [-0.15, -0.1) is 0 Å². The topological polar surface area (TPSA) is 119 Å². The first-order valence-corrected chi connectivity index (χ1v) is 11.9. The van der Waals surface area contributed by atoms with Crippen LogP contribution in [0.15, 0.2) is 42.7 Å². The van der Waals surface area contributed by atoms with Crippen LogP contribution >= 0.6 is 0 Å². The van der Waals surface area contributed by atoms with Gasteiger partial charge in [-0.25, -0.2) is 19.8 Å². The van der Waals surface area contributed by atoms with Crippen molar-refractivity contribution in [3.05, 3.63) is 59.5 Å². The van der Waals surface area contributed by atoms with E-state index in [2.05, 4.69) is 15.1 Å². The maximum atomic E-state index is 13.9. The summed E-state index contributed by atoms with van der Waals surface area (Å²) in [6, 6.07) is 6.94. The van der Waals surface area contributed by atoms with Crippen LogP contribution in [0.4, 0.5) is 23.8 Å². The smallest absolute Gasteiger partial charge is 0.429 e. The fourth-order valence-electron chi connectivity index (χ4n) is 4.97. The maximum Gasteiger partial charge on any atom is 0.429 e. The van der Waals surface area contributed by atoms with Gasteiger partial charge in [0, 0.05) is 24.2 Å². The number of halogens is 3. The molecule has 1 saturated heterocycles. The summed E-state index contributed by atoms with van der Waals surface area (Å²) in [6.07, 6.45) is -0.679. The number of aromatic nitrogens is 4. The van der Waals surface area contributed by atoms with Gasteiger partial charge in [-0.05, 0) is 49.6 Å². The SMILES string of the molecule is Cn1ncc2c(N)nc3ccc(C(=O)N(Cc4ccc(C(F)(F)F)cn4)N4CC5(CCC5)OC4=O)cc3c21. The number of hydrogen-bond donors (Lipinski definition) is 1. The van der Waals surface area contributed by atoms with Crippen molar-refractivity contribution in [1.82, 2.24) is 29.8 Å². The molecule has 0 atom stereocenters. The van der Waals surface area contributed by atoms with Gasteiger partial charge in [0.05, 0.1) is 47.0 Å². The van der Waals surface area contributed by atoms with E-state index in [1.165, 1.54) is 16.1 Å². The minimum Gasteiger partial charge on any atom is -0.440 e. The summed E-state index contributed by atoms with van der Waals surface area (Å²) in [4.78, 5) is 35.1. The number of aryl methyl sites for hydroxylation is 1. The van der Waals surface area contributed by atoms with Crippen LogP contribution in [0.5, 0.6) is 0 Å². The molecule has 1 saturated carbocycles. The normalized spacial score (nSPS) is 16.7. The van der Waals surface area contributed by atoms with Gasteiger partial charge < -0.3 is 10.5 Å². The monoisotopic (exact) mass is 525 g/mol. The highest BCUT2D eigenvalue weighted by atomic mass is 19.4. The Labute approximate surface area is 213 Å². The van der Waals surface area contributed by atoms with Gasteiger partial charge >= 0.3 is 12.3 Å². The first-order valence-electron chi connectivity index (χ1n) is 11.9. The lowest BCUT2D eigenvalue weighted by Crippen LogP contribution is -2.49. The Hall–Kier alpha value is -4.42. The van der Waals surface area contributed by atoms with Gasteiger partial charge in [0.1, 0.15) is 11.4 Å². The van der Waals surface area contributed by atoms with Crippen LogP contribution in [-0.2, 0) is 24.5 Å². The summed E-state index contributed by atoms with van der Waals surface area (Å²) in [5, 5.41) is 7.90. The zero-order valence-electron chi connectivity index (χ0n) is 20.2. The molecule has 4 heterocycles. The van der Waals surface area contributed by atoms with Crippen molar-refractivity contribution in [1.29, 1.82) is 0 Å². The van der Waals surface area contributed by atoms with Crippen molar-refractivity contribution in [2.45, 2.75) is 37.6 Å². The van der Waals surface area contributed by atoms with Gasteiger partial charge in [0.2, 0.25) is 0 Å². The number of hydrazine groups is 1. The maximum absolute atomic E-state index is 13.9. The van der Waals surface area contributed by atoms with Gasteiger partial charge in [0.25, 0.3) is 5.91 Å². The molecule has 0 unspecified atom stereocenters. The molecule has 2 fully saturated rings. The van der Waals surface area contributed by atoms with E-state index in [0.717, 1.165) is 12.5 Å². The lowest BCUT2D eigenvalue weighted by Gasteiger charge is -2.36. The highest BCUT2D eigenvalue weighted by Gasteiger charge is 2.52. The molecule has 196 valence electrons. The fourth-order valence-corrected chi connectivity index (χ4v) is 4.97. The Balaban J connectivity index is 1.40. The Morgan fingerprint density at radius 1 is 1.18 bits per heavy atom. The lowest BCUT2D eigenvalue weighted by atomic mass is 9.80. The van der Waals surface area contributed by atoms with E-state index in [4.69, 9.17) is 10.5 Å². The second-order valence-electron chi connectivity index (χ2n) is 9.62. The number of hydrogen-bond acceptors (Lipinski definition) is 7. The van der Waals surface area contributed by atoms with Gasteiger partial charge in [-0.1, -0.05) is 0 Å². The number of carbonyl (C=O) groups is 2. The predicted molar refractivity (Wildman–Crippen MR) is 129 cm³/mol. The third-order valence-corrected chi connectivity index (χ3v) is 7.16. The molecule has 1 spiro atoms. The summed E-state index contributed by atoms with van der Waals surface area (Å²) >= 11 is 0. The number of benzene rings is 1. The van der Waals surface area contributed by atoms with E-state index < -0.39 is 29.3 Å². The molecule has 2 amide bonds. The fraction of sp³-hybridized carbons (Fsp3) is 0.320. The van der Waals surface area contributed by atoms with Crippen molar-refractivity contribution in [2.24, 2.45) is 7.05 Å². The Morgan fingerprint density at radius 3 is 2.61 bits per heavy atom.